The van der Waals surface area contributed by atoms with Gasteiger partial charge in [-0.05, 0) is 24.1 Å². The Balaban J connectivity index is 3.01. The van der Waals surface area contributed by atoms with Crippen LogP contribution in [0.5, 0.6) is 0 Å². The SMILES string of the molecule is CC(C)C(NC(N)=O)C(=O)Nc1ccc(Cl)cc1C(=O)O. The van der Waals surface area contributed by atoms with Gasteiger partial charge in [0.15, 0.2) is 0 Å². The highest BCUT2D eigenvalue weighted by molar-refractivity contribution is 6.31. The standard InChI is InChI=1S/C13H16ClN3O4/c1-6(2)10(17-13(15)21)11(18)16-9-4-3-7(14)5-8(9)12(19)20/h3-6,10H,1-2H3,(H,16,18)(H,19,20)(H3,15,17,21). The first-order valence-electron chi connectivity index (χ1n) is 6.12. The number of nitrogens with one attached hydrogen (secondary N) is 2. The summed E-state index contributed by atoms with van der Waals surface area (Å²) in [7, 11) is 0. The molecule has 21 heavy (non-hydrogen) atoms. The van der Waals surface area contributed by atoms with Gasteiger partial charge in [-0.3, -0.25) is 4.79 Å². The van der Waals surface area contributed by atoms with E-state index in [2.05, 4.69) is 10.6 Å². The first-order valence-corrected chi connectivity index (χ1v) is 6.50. The second kappa shape index (κ2) is 6.94. The van der Waals surface area contributed by atoms with E-state index in [1.54, 1.807) is 13.8 Å². The van der Waals surface area contributed by atoms with E-state index in [0.29, 0.717) is 0 Å². The van der Waals surface area contributed by atoms with Crippen LogP contribution in [0, 0.1) is 5.92 Å². The summed E-state index contributed by atoms with van der Waals surface area (Å²) in [6.07, 6.45) is 0. The number of primary amides is 1. The normalized spacial score (nSPS) is 11.8. The van der Waals surface area contributed by atoms with Gasteiger partial charge in [0.25, 0.3) is 0 Å². The summed E-state index contributed by atoms with van der Waals surface area (Å²) in [6.45, 7) is 3.44. The molecule has 1 unspecified atom stereocenters. The Labute approximate surface area is 126 Å². The maximum absolute atomic E-state index is 12.1. The molecule has 0 aliphatic carbocycles. The second-order valence-electron chi connectivity index (χ2n) is 4.71. The molecule has 0 saturated heterocycles. The van der Waals surface area contributed by atoms with Crippen LogP contribution in [0.3, 0.4) is 0 Å². The third kappa shape index (κ3) is 4.64. The molecular formula is C13H16ClN3O4. The van der Waals surface area contributed by atoms with Gasteiger partial charge in [0.05, 0.1) is 11.3 Å². The Morgan fingerprint density at radius 3 is 2.38 bits per heavy atom. The molecule has 0 aliphatic heterocycles. The van der Waals surface area contributed by atoms with Gasteiger partial charge in [-0.15, -0.1) is 0 Å². The zero-order valence-electron chi connectivity index (χ0n) is 11.5. The first kappa shape index (κ1) is 16.8. The lowest BCUT2D eigenvalue weighted by Gasteiger charge is -2.21. The van der Waals surface area contributed by atoms with E-state index in [1.165, 1.54) is 18.2 Å². The van der Waals surface area contributed by atoms with Crippen molar-refractivity contribution in [2.45, 2.75) is 19.9 Å². The van der Waals surface area contributed by atoms with Crippen LogP contribution in [0.4, 0.5) is 10.5 Å². The number of aromatic carboxylic acids is 1. The molecule has 0 spiro atoms. The highest BCUT2D eigenvalue weighted by atomic mass is 35.5. The summed E-state index contributed by atoms with van der Waals surface area (Å²) in [4.78, 5) is 34.2. The number of urea groups is 1. The Morgan fingerprint density at radius 2 is 1.90 bits per heavy atom. The molecule has 1 aromatic rings. The summed E-state index contributed by atoms with van der Waals surface area (Å²) < 4.78 is 0. The van der Waals surface area contributed by atoms with Gasteiger partial charge in [0, 0.05) is 5.02 Å². The molecule has 114 valence electrons. The van der Waals surface area contributed by atoms with Crippen LogP contribution in [-0.2, 0) is 4.79 Å². The number of rotatable bonds is 5. The second-order valence-corrected chi connectivity index (χ2v) is 5.15. The number of amides is 3. The average Bonchev–Trinajstić information content (AvgIpc) is 2.37. The molecule has 1 atom stereocenters. The molecule has 0 radical (unpaired) electrons. The maximum Gasteiger partial charge on any atom is 0.337 e. The van der Waals surface area contributed by atoms with Crippen molar-refractivity contribution in [3.63, 3.8) is 0 Å². The molecule has 0 saturated carbocycles. The van der Waals surface area contributed by atoms with Crippen molar-refractivity contribution >= 4 is 35.2 Å². The van der Waals surface area contributed by atoms with E-state index in [-0.39, 0.29) is 22.2 Å². The number of carboxylic acids is 1. The van der Waals surface area contributed by atoms with Crippen molar-refractivity contribution in [2.75, 3.05) is 5.32 Å². The Kier molecular flexibility index (Phi) is 5.54. The maximum atomic E-state index is 12.1. The third-order valence-electron chi connectivity index (χ3n) is 2.72. The number of hydrogen-bond donors (Lipinski definition) is 4. The van der Waals surface area contributed by atoms with E-state index in [0.717, 1.165) is 0 Å². The third-order valence-corrected chi connectivity index (χ3v) is 2.95. The largest absolute Gasteiger partial charge is 0.478 e. The minimum absolute atomic E-state index is 0.0915. The van der Waals surface area contributed by atoms with E-state index in [1.807, 2.05) is 0 Å². The predicted octanol–water partition coefficient (Wildman–Crippen LogP) is 1.67. The number of anilines is 1. The fraction of sp³-hybridized carbons (Fsp3) is 0.308. The molecule has 5 N–H and O–H groups in total. The molecule has 0 aromatic heterocycles. The van der Waals surface area contributed by atoms with Gasteiger partial charge in [-0.1, -0.05) is 25.4 Å². The monoisotopic (exact) mass is 313 g/mol. The molecule has 7 nitrogen and oxygen atoms in total. The lowest BCUT2D eigenvalue weighted by atomic mass is 10.0. The van der Waals surface area contributed by atoms with Gasteiger partial charge >= 0.3 is 12.0 Å². The van der Waals surface area contributed by atoms with Crippen molar-refractivity contribution < 1.29 is 19.5 Å². The molecule has 8 heteroatoms. The molecule has 0 bridgehead atoms. The molecular weight excluding hydrogens is 298 g/mol. The Morgan fingerprint density at radius 1 is 1.29 bits per heavy atom. The smallest absolute Gasteiger partial charge is 0.337 e. The molecule has 3 amide bonds. The number of carboxylic acid groups (broad SMARTS) is 1. The van der Waals surface area contributed by atoms with Crippen LogP contribution in [0.15, 0.2) is 18.2 Å². The summed E-state index contributed by atoms with van der Waals surface area (Å²) >= 11 is 5.73. The van der Waals surface area contributed by atoms with Crippen LogP contribution in [0.25, 0.3) is 0 Å². The molecule has 0 fully saturated rings. The van der Waals surface area contributed by atoms with Crippen molar-refractivity contribution in [3.05, 3.63) is 28.8 Å². The van der Waals surface area contributed by atoms with E-state index in [9.17, 15) is 14.4 Å². The predicted molar refractivity (Wildman–Crippen MR) is 78.4 cm³/mol. The van der Waals surface area contributed by atoms with Crippen LogP contribution in [0.1, 0.15) is 24.2 Å². The van der Waals surface area contributed by atoms with Crippen molar-refractivity contribution in [1.82, 2.24) is 5.32 Å². The lowest BCUT2D eigenvalue weighted by molar-refractivity contribution is -0.118. The average molecular weight is 314 g/mol. The van der Waals surface area contributed by atoms with E-state index < -0.39 is 23.9 Å². The van der Waals surface area contributed by atoms with Gasteiger partial charge in [-0.2, -0.15) is 0 Å². The molecule has 0 aliphatic rings. The fourth-order valence-corrected chi connectivity index (χ4v) is 1.87. The van der Waals surface area contributed by atoms with Crippen LogP contribution < -0.4 is 16.4 Å². The van der Waals surface area contributed by atoms with E-state index in [4.69, 9.17) is 22.4 Å². The Bertz CT molecular complexity index is 575. The van der Waals surface area contributed by atoms with Crippen molar-refractivity contribution in [2.24, 2.45) is 11.7 Å². The number of hydrogen-bond acceptors (Lipinski definition) is 3. The minimum Gasteiger partial charge on any atom is -0.478 e. The minimum atomic E-state index is -1.23. The van der Waals surface area contributed by atoms with Gasteiger partial charge in [0.2, 0.25) is 5.91 Å². The van der Waals surface area contributed by atoms with E-state index >= 15 is 0 Å². The lowest BCUT2D eigenvalue weighted by Crippen LogP contribution is -2.49. The topological polar surface area (TPSA) is 122 Å². The van der Waals surface area contributed by atoms with Crippen LogP contribution in [0.2, 0.25) is 5.02 Å². The Hall–Kier alpha value is -2.28. The first-order chi connectivity index (χ1) is 9.72. The zero-order valence-corrected chi connectivity index (χ0v) is 12.3. The van der Waals surface area contributed by atoms with Gasteiger partial charge in [0.1, 0.15) is 6.04 Å². The quantitative estimate of drug-likeness (QED) is 0.660. The summed E-state index contributed by atoms with van der Waals surface area (Å²) in [6, 6.07) is 2.35. The van der Waals surface area contributed by atoms with Crippen LogP contribution >= 0.6 is 11.6 Å². The fourth-order valence-electron chi connectivity index (χ4n) is 1.70. The number of carbonyl (C=O) groups excluding carboxylic acids is 2. The summed E-state index contributed by atoms with van der Waals surface area (Å²) in [5.74, 6) is -2.01. The summed E-state index contributed by atoms with van der Waals surface area (Å²) in [5, 5.41) is 14.1. The highest BCUT2D eigenvalue weighted by Gasteiger charge is 2.24. The molecule has 0 heterocycles. The summed E-state index contributed by atoms with van der Waals surface area (Å²) in [5.41, 5.74) is 4.97. The van der Waals surface area contributed by atoms with Gasteiger partial charge < -0.3 is 21.5 Å². The van der Waals surface area contributed by atoms with Gasteiger partial charge in [-0.25, -0.2) is 9.59 Å². The zero-order chi connectivity index (χ0) is 16.2. The number of carbonyl (C=O) groups is 3. The molecule has 1 rings (SSSR count). The van der Waals surface area contributed by atoms with Crippen LogP contribution in [-0.4, -0.2) is 29.1 Å². The molecule has 1 aromatic carbocycles. The number of nitrogens with two attached hydrogens (primary N) is 1. The highest BCUT2D eigenvalue weighted by Crippen LogP contribution is 2.21. The number of halogens is 1. The van der Waals surface area contributed by atoms with Crippen molar-refractivity contribution in [1.29, 1.82) is 0 Å². The number of benzene rings is 1. The van der Waals surface area contributed by atoms with Crippen molar-refractivity contribution in [3.8, 4) is 0 Å².